The van der Waals surface area contributed by atoms with E-state index in [1.165, 1.54) is 11.6 Å². The van der Waals surface area contributed by atoms with Gasteiger partial charge in [-0.05, 0) is 35.9 Å². The molecule has 25 heavy (non-hydrogen) atoms. The molecule has 128 valence electrons. The van der Waals surface area contributed by atoms with Crippen molar-refractivity contribution in [2.75, 3.05) is 16.8 Å². The van der Waals surface area contributed by atoms with Gasteiger partial charge in [-0.2, -0.15) is 0 Å². The smallest absolute Gasteiger partial charge is 0.272 e. The van der Waals surface area contributed by atoms with Crippen LogP contribution in [-0.4, -0.2) is 22.4 Å². The molecule has 0 unspecified atom stereocenters. The molecule has 1 aromatic heterocycles. The molecule has 1 aliphatic rings. The molecule has 2 N–H and O–H groups in total. The number of halogens is 2. The largest absolute Gasteiger partial charge is 0.350 e. The molecule has 1 fully saturated rings. The number of benzene rings is 2. The predicted octanol–water partition coefficient (Wildman–Crippen LogP) is 5.80. The second-order valence-electron chi connectivity index (χ2n) is 5.68. The fourth-order valence-corrected chi connectivity index (χ4v) is 6.06. The van der Waals surface area contributed by atoms with Gasteiger partial charge in [-0.25, -0.2) is 4.39 Å². The van der Waals surface area contributed by atoms with Crippen molar-refractivity contribution in [1.29, 1.82) is 0 Å². The van der Waals surface area contributed by atoms with Gasteiger partial charge in [0.2, 0.25) is 0 Å². The zero-order valence-corrected chi connectivity index (χ0v) is 16.2. The van der Waals surface area contributed by atoms with E-state index >= 15 is 0 Å². The van der Waals surface area contributed by atoms with E-state index in [4.69, 9.17) is 0 Å². The summed E-state index contributed by atoms with van der Waals surface area (Å²) in [5, 5.41) is 3.30. The Kier molecular flexibility index (Phi) is 4.80. The van der Waals surface area contributed by atoms with Crippen LogP contribution >= 0.6 is 39.5 Å². The molecule has 2 aromatic carbocycles. The molecule has 2 heterocycles. The van der Waals surface area contributed by atoms with Crippen molar-refractivity contribution < 1.29 is 9.18 Å². The number of carbonyl (C=O) groups excluding carboxylic acids is 1. The minimum Gasteiger partial charge on any atom is -0.350 e. The van der Waals surface area contributed by atoms with Crippen molar-refractivity contribution in [2.45, 2.75) is 4.58 Å². The summed E-state index contributed by atoms with van der Waals surface area (Å²) in [6.07, 6.45) is 0. The van der Waals surface area contributed by atoms with E-state index in [0.29, 0.717) is 25.7 Å². The number of nitrogens with one attached hydrogen (secondary N) is 2. The summed E-state index contributed by atoms with van der Waals surface area (Å²) in [5.41, 5.74) is 2.87. The Hall–Kier alpha value is -1.44. The Morgan fingerprint density at radius 2 is 2.00 bits per heavy atom. The van der Waals surface area contributed by atoms with E-state index in [0.717, 1.165) is 17.2 Å². The summed E-state index contributed by atoms with van der Waals surface area (Å²) in [5.74, 6) is 1.66. The van der Waals surface area contributed by atoms with E-state index in [1.54, 1.807) is 12.1 Å². The molecule has 0 aliphatic carbocycles. The number of aromatic amines is 1. The van der Waals surface area contributed by atoms with E-state index in [-0.39, 0.29) is 11.7 Å². The molecular weight excluding hydrogens is 423 g/mol. The maximum atomic E-state index is 14.0. The summed E-state index contributed by atoms with van der Waals surface area (Å²) >= 11 is 7.11. The van der Waals surface area contributed by atoms with Crippen LogP contribution in [0.3, 0.4) is 0 Å². The lowest BCUT2D eigenvalue weighted by Gasteiger charge is -2.10. The first-order valence-electron chi connectivity index (χ1n) is 7.72. The maximum absolute atomic E-state index is 14.0. The van der Waals surface area contributed by atoms with Crippen LogP contribution in [0.25, 0.3) is 10.9 Å². The molecular formula is C18H14BrFN2OS2. The van der Waals surface area contributed by atoms with Crippen molar-refractivity contribution in [2.24, 2.45) is 0 Å². The lowest BCUT2D eigenvalue weighted by atomic mass is 10.2. The lowest BCUT2D eigenvalue weighted by molar-refractivity contribution is 0.102. The van der Waals surface area contributed by atoms with Gasteiger partial charge in [0.25, 0.3) is 5.91 Å². The number of rotatable bonds is 3. The summed E-state index contributed by atoms with van der Waals surface area (Å²) in [4.78, 5) is 15.5. The molecule has 1 saturated heterocycles. The fraction of sp³-hybridized carbons (Fsp3) is 0.167. The Morgan fingerprint density at radius 3 is 2.80 bits per heavy atom. The van der Waals surface area contributed by atoms with Gasteiger partial charge >= 0.3 is 0 Å². The average Bonchev–Trinajstić information content (AvgIpc) is 3.24. The van der Waals surface area contributed by atoms with Crippen LogP contribution in [0.2, 0.25) is 0 Å². The molecule has 0 saturated carbocycles. The minimum atomic E-state index is -0.364. The molecule has 3 nitrogen and oxygen atoms in total. The topological polar surface area (TPSA) is 44.9 Å². The zero-order chi connectivity index (χ0) is 17.4. The highest BCUT2D eigenvalue weighted by Gasteiger charge is 2.19. The zero-order valence-electron chi connectivity index (χ0n) is 13.0. The van der Waals surface area contributed by atoms with Gasteiger partial charge in [0.05, 0.1) is 10.1 Å². The van der Waals surface area contributed by atoms with E-state index < -0.39 is 0 Å². The first kappa shape index (κ1) is 17.0. The van der Waals surface area contributed by atoms with Crippen molar-refractivity contribution in [1.82, 2.24) is 4.98 Å². The van der Waals surface area contributed by atoms with Crippen LogP contribution in [0.4, 0.5) is 10.1 Å². The number of H-pyrrole nitrogens is 1. The number of anilines is 1. The average molecular weight is 437 g/mol. The van der Waals surface area contributed by atoms with Crippen molar-refractivity contribution in [3.8, 4) is 0 Å². The number of amides is 1. The monoisotopic (exact) mass is 436 g/mol. The third-order valence-corrected chi connectivity index (χ3v) is 7.50. The van der Waals surface area contributed by atoms with Gasteiger partial charge in [-0.3, -0.25) is 4.79 Å². The van der Waals surface area contributed by atoms with Crippen molar-refractivity contribution in [3.05, 3.63) is 64.0 Å². The first-order chi connectivity index (χ1) is 12.1. The number of hydrogen-bond acceptors (Lipinski definition) is 3. The van der Waals surface area contributed by atoms with Crippen LogP contribution in [-0.2, 0) is 0 Å². The van der Waals surface area contributed by atoms with Gasteiger partial charge in [0.15, 0.2) is 0 Å². The third kappa shape index (κ3) is 3.59. The quantitative estimate of drug-likeness (QED) is 0.545. The summed E-state index contributed by atoms with van der Waals surface area (Å²) in [6.45, 7) is 0. The molecule has 0 spiro atoms. The molecule has 0 atom stereocenters. The molecule has 3 aromatic rings. The second-order valence-corrected chi connectivity index (χ2v) is 9.32. The van der Waals surface area contributed by atoms with Crippen molar-refractivity contribution >= 4 is 62.0 Å². The van der Waals surface area contributed by atoms with E-state index in [1.807, 2.05) is 41.7 Å². The highest BCUT2D eigenvalue weighted by molar-refractivity contribution is 9.10. The van der Waals surface area contributed by atoms with E-state index in [2.05, 4.69) is 32.3 Å². The number of carbonyl (C=O) groups is 1. The summed E-state index contributed by atoms with van der Waals surface area (Å²) < 4.78 is 15.0. The van der Waals surface area contributed by atoms with Crippen LogP contribution in [0.5, 0.6) is 0 Å². The van der Waals surface area contributed by atoms with Gasteiger partial charge in [0, 0.05) is 27.1 Å². The van der Waals surface area contributed by atoms with Gasteiger partial charge in [0.1, 0.15) is 11.5 Å². The maximum Gasteiger partial charge on any atom is 0.272 e. The molecule has 1 amide bonds. The highest BCUT2D eigenvalue weighted by atomic mass is 79.9. The lowest BCUT2D eigenvalue weighted by Crippen LogP contribution is -2.12. The Balaban J connectivity index is 1.58. The van der Waals surface area contributed by atoms with Gasteiger partial charge < -0.3 is 10.3 Å². The van der Waals surface area contributed by atoms with Gasteiger partial charge in [-0.15, -0.1) is 23.5 Å². The molecule has 4 rings (SSSR count). The number of thioether (sulfide) groups is 2. The normalized spacial score (nSPS) is 15.0. The van der Waals surface area contributed by atoms with Crippen LogP contribution in [0.1, 0.15) is 20.6 Å². The van der Waals surface area contributed by atoms with Crippen LogP contribution in [0.15, 0.2) is 46.9 Å². The third-order valence-electron chi connectivity index (χ3n) is 3.94. The Bertz CT molecular complexity index is 953. The highest BCUT2D eigenvalue weighted by Crippen LogP contribution is 2.45. The molecule has 7 heteroatoms. The summed E-state index contributed by atoms with van der Waals surface area (Å²) in [7, 11) is 0. The molecule has 0 bridgehead atoms. The van der Waals surface area contributed by atoms with Crippen LogP contribution < -0.4 is 5.32 Å². The first-order valence-corrected chi connectivity index (χ1v) is 10.6. The SMILES string of the molecule is O=C(Nc1cccc(C2SCCS2)c1)c1cc2c(F)cc(Br)cc2[nH]1. The number of aromatic nitrogens is 1. The van der Waals surface area contributed by atoms with E-state index in [9.17, 15) is 9.18 Å². The Labute approximate surface area is 161 Å². The Morgan fingerprint density at radius 1 is 1.20 bits per heavy atom. The molecule has 1 aliphatic heterocycles. The fourth-order valence-electron chi connectivity index (χ4n) is 2.80. The second kappa shape index (κ2) is 7.05. The standard InChI is InChI=1S/C18H14BrFN2OS2/c19-11-7-14(20)13-9-16(22-15(13)8-11)17(23)21-12-3-1-2-10(6-12)18-24-4-5-25-18/h1-3,6-9,18,22H,4-5H2,(H,21,23). The van der Waals surface area contributed by atoms with Crippen molar-refractivity contribution in [3.63, 3.8) is 0 Å². The molecule has 0 radical (unpaired) electrons. The number of hydrogen-bond donors (Lipinski definition) is 2. The predicted molar refractivity (Wildman–Crippen MR) is 108 cm³/mol. The van der Waals surface area contributed by atoms with Crippen LogP contribution in [0, 0.1) is 5.82 Å². The van der Waals surface area contributed by atoms with Gasteiger partial charge in [-0.1, -0.05) is 28.1 Å². The summed E-state index contributed by atoms with van der Waals surface area (Å²) in [6, 6.07) is 12.6. The number of fused-ring (bicyclic) bond motifs is 1. The minimum absolute atomic E-state index is 0.282.